The van der Waals surface area contributed by atoms with Crippen LogP contribution in [0, 0.1) is 5.92 Å². The quantitative estimate of drug-likeness (QED) is 0.477. The average molecular weight is 464 g/mol. The molecule has 9 heteroatoms. The number of nitrogens with zero attached hydrogens (tertiary/aromatic N) is 1. The molecule has 33 heavy (non-hydrogen) atoms. The normalized spacial score (nSPS) is 14.4. The lowest BCUT2D eigenvalue weighted by Crippen LogP contribution is -2.23. The Hall–Kier alpha value is -3.10. The Morgan fingerprint density at radius 2 is 1.91 bits per heavy atom. The van der Waals surface area contributed by atoms with Crippen LogP contribution in [0.3, 0.4) is 0 Å². The molecule has 1 aromatic heterocycles. The Kier molecular flexibility index (Phi) is 8.30. The van der Waals surface area contributed by atoms with E-state index in [1.807, 2.05) is 19.1 Å². The van der Waals surface area contributed by atoms with Crippen molar-refractivity contribution in [3.8, 4) is 0 Å². The number of carbonyl (C=O) groups is 2. The number of benzene rings is 1. The van der Waals surface area contributed by atoms with Gasteiger partial charge in [0.2, 0.25) is 5.91 Å². The minimum atomic E-state index is -4.49. The Bertz CT molecular complexity index is 944. The van der Waals surface area contributed by atoms with Crippen LogP contribution in [0.1, 0.15) is 61.6 Å². The highest BCUT2D eigenvalue weighted by molar-refractivity contribution is 5.83. The van der Waals surface area contributed by atoms with Crippen molar-refractivity contribution < 1.29 is 27.5 Å². The number of anilines is 1. The van der Waals surface area contributed by atoms with Gasteiger partial charge in [0.1, 0.15) is 5.82 Å². The maximum atomic E-state index is 12.5. The molecule has 0 radical (unpaired) electrons. The Morgan fingerprint density at radius 1 is 1.15 bits per heavy atom. The van der Waals surface area contributed by atoms with E-state index in [-0.39, 0.29) is 24.2 Å². The standard InChI is InChI=1S/C24H28F3N3O3/c1-16(6-11-22(31)29-14-18-4-2-3-5-20(18)17-7-8-17)12-13-33-23(32)30-21-10-9-19(15-28-21)24(25,26)27/h2-5,9-10,15-17H,6-8,11-14H2,1H3,(H,29,31)(H,28,30,32). The Balaban J connectivity index is 1.29. The largest absolute Gasteiger partial charge is 0.449 e. The number of hydrogen-bond acceptors (Lipinski definition) is 4. The van der Waals surface area contributed by atoms with Gasteiger partial charge >= 0.3 is 12.3 Å². The molecule has 0 saturated heterocycles. The molecule has 1 aliphatic rings. The molecular formula is C24H28F3N3O3. The van der Waals surface area contributed by atoms with Crippen LogP contribution in [-0.2, 0) is 22.3 Å². The number of amides is 2. The molecule has 2 N–H and O–H groups in total. The number of halogens is 3. The first-order valence-corrected chi connectivity index (χ1v) is 11.0. The number of carbonyl (C=O) groups excluding carboxylic acids is 2. The lowest BCUT2D eigenvalue weighted by molar-refractivity contribution is -0.137. The third-order valence-electron chi connectivity index (χ3n) is 5.58. The molecule has 178 valence electrons. The molecule has 0 spiro atoms. The second-order valence-corrected chi connectivity index (χ2v) is 8.37. The van der Waals surface area contributed by atoms with Gasteiger partial charge in [0.05, 0.1) is 12.2 Å². The molecule has 1 aliphatic carbocycles. The van der Waals surface area contributed by atoms with Crippen molar-refractivity contribution in [3.05, 3.63) is 59.3 Å². The van der Waals surface area contributed by atoms with Crippen LogP contribution >= 0.6 is 0 Å². The summed E-state index contributed by atoms with van der Waals surface area (Å²) in [7, 11) is 0. The van der Waals surface area contributed by atoms with E-state index in [9.17, 15) is 22.8 Å². The van der Waals surface area contributed by atoms with Gasteiger partial charge in [-0.1, -0.05) is 31.2 Å². The maximum Gasteiger partial charge on any atom is 0.417 e. The first kappa shape index (κ1) is 24.5. The highest BCUT2D eigenvalue weighted by Gasteiger charge is 2.30. The van der Waals surface area contributed by atoms with E-state index in [1.54, 1.807) is 0 Å². The molecule has 1 saturated carbocycles. The van der Waals surface area contributed by atoms with Gasteiger partial charge in [0.25, 0.3) is 0 Å². The highest BCUT2D eigenvalue weighted by Crippen LogP contribution is 2.41. The molecule has 1 aromatic carbocycles. The Morgan fingerprint density at radius 3 is 2.58 bits per heavy atom. The zero-order valence-electron chi connectivity index (χ0n) is 18.5. The third-order valence-corrected chi connectivity index (χ3v) is 5.58. The number of alkyl halides is 3. The summed E-state index contributed by atoms with van der Waals surface area (Å²) in [6.07, 6.45) is -0.608. The number of ether oxygens (including phenoxy) is 1. The second kappa shape index (κ2) is 11.2. The number of nitrogens with one attached hydrogen (secondary N) is 2. The van der Waals surface area contributed by atoms with Crippen LogP contribution in [0.4, 0.5) is 23.8 Å². The summed E-state index contributed by atoms with van der Waals surface area (Å²) >= 11 is 0. The highest BCUT2D eigenvalue weighted by atomic mass is 19.4. The molecule has 1 unspecified atom stereocenters. The summed E-state index contributed by atoms with van der Waals surface area (Å²) in [5, 5.41) is 5.27. The van der Waals surface area contributed by atoms with Crippen molar-refractivity contribution in [2.45, 2.75) is 57.7 Å². The fraction of sp³-hybridized carbons (Fsp3) is 0.458. The minimum Gasteiger partial charge on any atom is -0.449 e. The van der Waals surface area contributed by atoms with Crippen molar-refractivity contribution in [2.75, 3.05) is 11.9 Å². The molecule has 3 rings (SSSR count). The van der Waals surface area contributed by atoms with Gasteiger partial charge in [-0.15, -0.1) is 0 Å². The first-order chi connectivity index (χ1) is 15.7. The van der Waals surface area contributed by atoms with Crippen molar-refractivity contribution in [3.63, 3.8) is 0 Å². The fourth-order valence-corrected chi connectivity index (χ4v) is 3.42. The second-order valence-electron chi connectivity index (χ2n) is 8.37. The zero-order chi connectivity index (χ0) is 23.8. The number of rotatable bonds is 10. The fourth-order valence-electron chi connectivity index (χ4n) is 3.42. The third kappa shape index (κ3) is 8.07. The Labute approximate surface area is 190 Å². The molecule has 6 nitrogen and oxygen atoms in total. The van der Waals surface area contributed by atoms with Gasteiger partial charge in [-0.25, -0.2) is 9.78 Å². The van der Waals surface area contributed by atoms with Crippen LogP contribution in [0.5, 0.6) is 0 Å². The van der Waals surface area contributed by atoms with Crippen molar-refractivity contribution in [1.29, 1.82) is 0 Å². The van der Waals surface area contributed by atoms with Crippen LogP contribution in [0.15, 0.2) is 42.6 Å². The SMILES string of the molecule is CC(CCOC(=O)Nc1ccc(C(F)(F)F)cn1)CCC(=O)NCc1ccccc1C1CC1. The number of pyridine rings is 1. The molecule has 0 aliphatic heterocycles. The summed E-state index contributed by atoms with van der Waals surface area (Å²) in [5.74, 6) is 0.748. The minimum absolute atomic E-state index is 0.0144. The van der Waals surface area contributed by atoms with E-state index >= 15 is 0 Å². The van der Waals surface area contributed by atoms with Crippen LogP contribution in [0.25, 0.3) is 0 Å². The van der Waals surface area contributed by atoms with E-state index in [2.05, 4.69) is 27.8 Å². The van der Waals surface area contributed by atoms with E-state index in [4.69, 9.17) is 4.74 Å². The van der Waals surface area contributed by atoms with Crippen molar-refractivity contribution in [2.24, 2.45) is 5.92 Å². The molecule has 0 bridgehead atoms. The van der Waals surface area contributed by atoms with Crippen LogP contribution in [-0.4, -0.2) is 23.6 Å². The van der Waals surface area contributed by atoms with E-state index in [0.717, 1.165) is 12.1 Å². The monoisotopic (exact) mass is 463 g/mol. The van der Waals surface area contributed by atoms with Gasteiger partial charge in [0, 0.05) is 19.2 Å². The predicted molar refractivity (Wildman–Crippen MR) is 117 cm³/mol. The summed E-state index contributed by atoms with van der Waals surface area (Å²) < 4.78 is 42.6. The smallest absolute Gasteiger partial charge is 0.417 e. The first-order valence-electron chi connectivity index (χ1n) is 11.0. The zero-order valence-corrected chi connectivity index (χ0v) is 18.5. The van der Waals surface area contributed by atoms with Gasteiger partial charge < -0.3 is 10.1 Å². The molecule has 1 fully saturated rings. The number of aromatic nitrogens is 1. The summed E-state index contributed by atoms with van der Waals surface area (Å²) in [6.45, 7) is 2.62. The van der Waals surface area contributed by atoms with Crippen LogP contribution < -0.4 is 10.6 Å². The van der Waals surface area contributed by atoms with E-state index in [1.165, 1.54) is 24.0 Å². The molecule has 1 heterocycles. The van der Waals surface area contributed by atoms with Crippen molar-refractivity contribution in [1.82, 2.24) is 10.3 Å². The van der Waals surface area contributed by atoms with Crippen LogP contribution in [0.2, 0.25) is 0 Å². The molecule has 1 atom stereocenters. The summed E-state index contributed by atoms with van der Waals surface area (Å²) in [4.78, 5) is 27.5. The predicted octanol–water partition coefficient (Wildman–Crippen LogP) is 5.65. The maximum absolute atomic E-state index is 12.5. The molecule has 2 amide bonds. The van der Waals surface area contributed by atoms with Gasteiger partial charge in [0.15, 0.2) is 0 Å². The number of hydrogen-bond donors (Lipinski definition) is 2. The molecular weight excluding hydrogens is 435 g/mol. The van der Waals surface area contributed by atoms with Gasteiger partial charge in [-0.2, -0.15) is 13.2 Å². The lowest BCUT2D eigenvalue weighted by Gasteiger charge is -2.13. The van der Waals surface area contributed by atoms with Gasteiger partial charge in [-0.3, -0.25) is 10.1 Å². The topological polar surface area (TPSA) is 80.3 Å². The summed E-state index contributed by atoms with van der Waals surface area (Å²) in [6, 6.07) is 10.1. The lowest BCUT2D eigenvalue weighted by atomic mass is 10.0. The molecule has 2 aromatic rings. The average Bonchev–Trinajstić information content (AvgIpc) is 3.61. The van der Waals surface area contributed by atoms with Gasteiger partial charge in [-0.05, 0) is 60.8 Å². The summed E-state index contributed by atoms with van der Waals surface area (Å²) in [5.41, 5.74) is 1.60. The van der Waals surface area contributed by atoms with Crippen molar-refractivity contribution >= 4 is 17.8 Å². The van der Waals surface area contributed by atoms with E-state index in [0.29, 0.717) is 37.9 Å². The van der Waals surface area contributed by atoms with E-state index < -0.39 is 17.8 Å².